The maximum absolute atomic E-state index is 6.20. The molecule has 1 aromatic carbocycles. The number of hydrogen-bond donors (Lipinski definition) is 1. The summed E-state index contributed by atoms with van der Waals surface area (Å²) >= 11 is 0. The van der Waals surface area contributed by atoms with Crippen molar-refractivity contribution in [3.8, 4) is 11.5 Å². The van der Waals surface area contributed by atoms with Gasteiger partial charge in [0.25, 0.3) is 0 Å². The van der Waals surface area contributed by atoms with Crippen molar-refractivity contribution in [2.24, 2.45) is 5.73 Å². The third-order valence-corrected chi connectivity index (χ3v) is 4.17. The summed E-state index contributed by atoms with van der Waals surface area (Å²) in [4.78, 5) is 2.25. The normalized spacial score (nSPS) is 22.4. The molecule has 1 aliphatic carbocycles. The van der Waals surface area contributed by atoms with Gasteiger partial charge in [0.2, 0.25) is 0 Å². The van der Waals surface area contributed by atoms with Gasteiger partial charge in [0.15, 0.2) is 0 Å². The van der Waals surface area contributed by atoms with Crippen LogP contribution in [0.1, 0.15) is 24.8 Å². The number of nitrogens with two attached hydrogens (primary N) is 1. The predicted molar refractivity (Wildman–Crippen MR) is 78.3 cm³/mol. The van der Waals surface area contributed by atoms with E-state index in [1.807, 2.05) is 13.0 Å². The Morgan fingerprint density at radius 3 is 2.47 bits per heavy atom. The molecule has 0 saturated heterocycles. The Balaban J connectivity index is 2.36. The maximum atomic E-state index is 6.20. The van der Waals surface area contributed by atoms with Gasteiger partial charge < -0.3 is 20.1 Å². The summed E-state index contributed by atoms with van der Waals surface area (Å²) in [7, 11) is 5.48. The van der Waals surface area contributed by atoms with Gasteiger partial charge in [-0.15, -0.1) is 0 Å². The highest BCUT2D eigenvalue weighted by molar-refractivity contribution is 5.65. The van der Waals surface area contributed by atoms with Gasteiger partial charge in [-0.2, -0.15) is 0 Å². The molecule has 1 aliphatic rings. The topological polar surface area (TPSA) is 47.7 Å². The van der Waals surface area contributed by atoms with Gasteiger partial charge in [-0.1, -0.05) is 0 Å². The minimum atomic E-state index is 0.247. The van der Waals surface area contributed by atoms with E-state index in [9.17, 15) is 0 Å². The average molecular weight is 264 g/mol. The first kappa shape index (κ1) is 14.0. The van der Waals surface area contributed by atoms with Crippen LogP contribution in [0.25, 0.3) is 0 Å². The quantitative estimate of drug-likeness (QED) is 0.906. The molecule has 0 heterocycles. The van der Waals surface area contributed by atoms with E-state index in [-0.39, 0.29) is 6.04 Å². The zero-order chi connectivity index (χ0) is 14.0. The van der Waals surface area contributed by atoms with Crippen molar-refractivity contribution in [2.75, 3.05) is 26.2 Å². The SMILES string of the molecule is COc1ccc(N(C)C2CCCC2N)c(OC)c1C. The minimum absolute atomic E-state index is 0.247. The molecule has 1 saturated carbocycles. The lowest BCUT2D eigenvalue weighted by atomic mass is 10.1. The van der Waals surface area contributed by atoms with E-state index in [1.54, 1.807) is 14.2 Å². The fourth-order valence-corrected chi connectivity index (χ4v) is 3.04. The fraction of sp³-hybridized carbons (Fsp3) is 0.600. The molecular weight excluding hydrogens is 240 g/mol. The van der Waals surface area contributed by atoms with E-state index < -0.39 is 0 Å². The van der Waals surface area contributed by atoms with E-state index >= 15 is 0 Å². The fourth-order valence-electron chi connectivity index (χ4n) is 3.04. The number of anilines is 1. The molecule has 4 heteroatoms. The molecule has 0 amide bonds. The molecule has 1 aromatic rings. The van der Waals surface area contributed by atoms with Crippen LogP contribution >= 0.6 is 0 Å². The standard InChI is InChI=1S/C15H24N2O2/c1-10-14(18-3)9-8-13(15(10)19-4)17(2)12-7-5-6-11(12)16/h8-9,11-12H,5-7,16H2,1-4H3. The molecule has 1 fully saturated rings. The lowest BCUT2D eigenvalue weighted by Crippen LogP contribution is -2.42. The van der Waals surface area contributed by atoms with Crippen LogP contribution in [0.2, 0.25) is 0 Å². The highest BCUT2D eigenvalue weighted by atomic mass is 16.5. The van der Waals surface area contributed by atoms with Crippen LogP contribution in [-0.4, -0.2) is 33.4 Å². The summed E-state index contributed by atoms with van der Waals surface area (Å²) in [5.41, 5.74) is 8.31. The summed E-state index contributed by atoms with van der Waals surface area (Å²) in [5, 5.41) is 0. The van der Waals surface area contributed by atoms with Gasteiger partial charge in [-0.25, -0.2) is 0 Å². The minimum Gasteiger partial charge on any atom is -0.496 e. The molecule has 0 bridgehead atoms. The summed E-state index contributed by atoms with van der Waals surface area (Å²) in [6.45, 7) is 2.02. The molecule has 2 rings (SSSR count). The van der Waals surface area contributed by atoms with Crippen LogP contribution < -0.4 is 20.1 Å². The van der Waals surface area contributed by atoms with Gasteiger partial charge >= 0.3 is 0 Å². The molecule has 2 atom stereocenters. The highest BCUT2D eigenvalue weighted by Gasteiger charge is 2.29. The van der Waals surface area contributed by atoms with Crippen LogP contribution in [0.3, 0.4) is 0 Å². The zero-order valence-electron chi connectivity index (χ0n) is 12.3. The maximum Gasteiger partial charge on any atom is 0.148 e. The molecule has 106 valence electrons. The van der Waals surface area contributed by atoms with Crippen molar-refractivity contribution < 1.29 is 9.47 Å². The Hall–Kier alpha value is -1.42. The Labute approximate surface area is 115 Å². The Morgan fingerprint density at radius 1 is 1.21 bits per heavy atom. The van der Waals surface area contributed by atoms with Crippen molar-refractivity contribution in [3.05, 3.63) is 17.7 Å². The number of methoxy groups -OCH3 is 2. The average Bonchev–Trinajstić information content (AvgIpc) is 2.83. The van der Waals surface area contributed by atoms with Gasteiger partial charge in [0, 0.05) is 24.7 Å². The number of nitrogens with zero attached hydrogens (tertiary/aromatic N) is 1. The molecule has 0 radical (unpaired) electrons. The van der Waals surface area contributed by atoms with Crippen molar-refractivity contribution in [3.63, 3.8) is 0 Å². The second-order valence-electron chi connectivity index (χ2n) is 5.22. The Kier molecular flexibility index (Phi) is 4.20. The van der Waals surface area contributed by atoms with Crippen molar-refractivity contribution in [1.29, 1.82) is 0 Å². The van der Waals surface area contributed by atoms with Crippen LogP contribution in [0.15, 0.2) is 12.1 Å². The third-order valence-electron chi connectivity index (χ3n) is 4.17. The van der Waals surface area contributed by atoms with Crippen LogP contribution in [-0.2, 0) is 0 Å². The monoisotopic (exact) mass is 264 g/mol. The third kappa shape index (κ3) is 2.50. The predicted octanol–water partition coefficient (Wildman–Crippen LogP) is 2.33. The molecule has 0 aliphatic heterocycles. The van der Waals surface area contributed by atoms with E-state index in [2.05, 4.69) is 18.0 Å². The number of rotatable bonds is 4. The Bertz CT molecular complexity index is 448. The lowest BCUT2D eigenvalue weighted by molar-refractivity contribution is 0.388. The molecule has 4 nitrogen and oxygen atoms in total. The first-order chi connectivity index (χ1) is 9.10. The molecule has 2 unspecified atom stereocenters. The highest BCUT2D eigenvalue weighted by Crippen LogP contribution is 2.39. The summed E-state index contributed by atoms with van der Waals surface area (Å²) in [6, 6.07) is 4.68. The van der Waals surface area contributed by atoms with Crippen molar-refractivity contribution >= 4 is 5.69 Å². The molecule has 0 aromatic heterocycles. The second-order valence-corrected chi connectivity index (χ2v) is 5.22. The molecule has 19 heavy (non-hydrogen) atoms. The van der Waals surface area contributed by atoms with E-state index in [0.29, 0.717) is 6.04 Å². The van der Waals surface area contributed by atoms with Crippen LogP contribution in [0.4, 0.5) is 5.69 Å². The van der Waals surface area contributed by atoms with E-state index in [0.717, 1.165) is 35.6 Å². The van der Waals surface area contributed by atoms with Gasteiger partial charge in [0.05, 0.1) is 19.9 Å². The summed E-state index contributed by atoms with van der Waals surface area (Å²) in [6.07, 6.45) is 3.45. The Morgan fingerprint density at radius 2 is 1.95 bits per heavy atom. The van der Waals surface area contributed by atoms with Gasteiger partial charge in [-0.3, -0.25) is 0 Å². The molecule has 0 spiro atoms. The molecular formula is C15H24N2O2. The van der Waals surface area contributed by atoms with Crippen molar-refractivity contribution in [2.45, 2.75) is 38.3 Å². The first-order valence-electron chi connectivity index (χ1n) is 6.80. The summed E-state index contributed by atoms with van der Waals surface area (Å²) in [5.74, 6) is 1.73. The second kappa shape index (κ2) is 5.70. The number of ether oxygens (including phenoxy) is 2. The molecule has 2 N–H and O–H groups in total. The largest absolute Gasteiger partial charge is 0.496 e. The van der Waals surface area contributed by atoms with E-state index in [1.165, 1.54) is 6.42 Å². The first-order valence-corrected chi connectivity index (χ1v) is 6.80. The number of hydrogen-bond acceptors (Lipinski definition) is 4. The van der Waals surface area contributed by atoms with Crippen molar-refractivity contribution in [1.82, 2.24) is 0 Å². The van der Waals surface area contributed by atoms with Gasteiger partial charge in [-0.05, 0) is 38.3 Å². The van der Waals surface area contributed by atoms with Crippen LogP contribution in [0, 0.1) is 6.92 Å². The number of benzene rings is 1. The van der Waals surface area contributed by atoms with Gasteiger partial charge in [0.1, 0.15) is 11.5 Å². The van der Waals surface area contributed by atoms with E-state index in [4.69, 9.17) is 15.2 Å². The summed E-state index contributed by atoms with van der Waals surface area (Å²) < 4.78 is 10.9. The number of likely N-dealkylation sites (N-methyl/N-ethyl adjacent to an activating group) is 1. The van der Waals surface area contributed by atoms with Crippen LogP contribution in [0.5, 0.6) is 11.5 Å². The zero-order valence-corrected chi connectivity index (χ0v) is 12.3. The lowest BCUT2D eigenvalue weighted by Gasteiger charge is -2.31. The smallest absolute Gasteiger partial charge is 0.148 e.